The van der Waals surface area contributed by atoms with Crippen molar-refractivity contribution in [1.82, 2.24) is 19.9 Å². The van der Waals surface area contributed by atoms with Gasteiger partial charge in [0.2, 0.25) is 5.89 Å². The summed E-state index contributed by atoms with van der Waals surface area (Å²) >= 11 is 0. The van der Waals surface area contributed by atoms with Crippen LogP contribution >= 0.6 is 0 Å². The lowest BCUT2D eigenvalue weighted by Crippen LogP contribution is -2.40. The molecule has 1 fully saturated rings. The van der Waals surface area contributed by atoms with Crippen molar-refractivity contribution in [2.75, 3.05) is 6.54 Å². The number of aromatic amines is 2. The Morgan fingerprint density at radius 2 is 2.00 bits per heavy atom. The van der Waals surface area contributed by atoms with E-state index in [1.807, 2.05) is 4.98 Å². The number of nitrogens with one attached hydrogen (secondary N) is 2. The number of hydrogen-bond acceptors (Lipinski definition) is 5. The number of nitrogens with zero attached hydrogens (tertiary/aromatic N) is 2. The number of hydrogen-bond donors (Lipinski definition) is 2. The van der Waals surface area contributed by atoms with Crippen LogP contribution in [0.3, 0.4) is 0 Å². The monoisotopic (exact) mass is 398 g/mol. The largest absolute Gasteiger partial charge is 0.443 e. The van der Waals surface area contributed by atoms with Crippen LogP contribution in [0.5, 0.6) is 0 Å². The number of carbonyl (C=O) groups is 1. The molecule has 1 aliphatic heterocycles. The minimum Gasteiger partial charge on any atom is -0.443 e. The van der Waals surface area contributed by atoms with Gasteiger partial charge in [-0.15, -0.1) is 0 Å². The van der Waals surface area contributed by atoms with Gasteiger partial charge in [-0.2, -0.15) is 0 Å². The van der Waals surface area contributed by atoms with E-state index >= 15 is 0 Å². The Bertz CT molecular complexity index is 1100. The Labute approximate surface area is 164 Å². The van der Waals surface area contributed by atoms with Crippen LogP contribution in [-0.4, -0.2) is 32.3 Å². The molecule has 8 nitrogen and oxygen atoms in total. The lowest BCUT2D eigenvalue weighted by atomic mass is 10.0. The number of piperidine rings is 1. The van der Waals surface area contributed by atoms with Crippen LogP contribution in [0.15, 0.2) is 50.5 Å². The summed E-state index contributed by atoms with van der Waals surface area (Å²) < 4.78 is 18.9. The van der Waals surface area contributed by atoms with Gasteiger partial charge in [-0.05, 0) is 37.0 Å². The topological polar surface area (TPSA) is 112 Å². The predicted molar refractivity (Wildman–Crippen MR) is 101 cm³/mol. The molecule has 29 heavy (non-hydrogen) atoms. The zero-order valence-corrected chi connectivity index (χ0v) is 15.5. The third-order valence-electron chi connectivity index (χ3n) is 4.90. The molecule has 1 unspecified atom stereocenters. The number of aromatic nitrogens is 3. The summed E-state index contributed by atoms with van der Waals surface area (Å²) in [5.41, 5.74) is -0.550. The van der Waals surface area contributed by atoms with Crippen LogP contribution in [0, 0.1) is 5.82 Å². The van der Waals surface area contributed by atoms with E-state index in [4.69, 9.17) is 4.42 Å². The van der Waals surface area contributed by atoms with Gasteiger partial charge in [0.05, 0.1) is 6.20 Å². The highest BCUT2D eigenvalue weighted by molar-refractivity contribution is 5.92. The van der Waals surface area contributed by atoms with Crippen LogP contribution in [0.25, 0.3) is 0 Å². The first kappa shape index (κ1) is 18.9. The Hall–Kier alpha value is -3.49. The third-order valence-corrected chi connectivity index (χ3v) is 4.90. The van der Waals surface area contributed by atoms with Crippen molar-refractivity contribution in [3.63, 3.8) is 0 Å². The maximum Gasteiger partial charge on any atom is 0.326 e. The number of oxazole rings is 1. The van der Waals surface area contributed by atoms with Crippen molar-refractivity contribution in [1.29, 1.82) is 0 Å². The predicted octanol–water partition coefficient (Wildman–Crippen LogP) is 2.15. The fourth-order valence-corrected chi connectivity index (χ4v) is 3.53. The van der Waals surface area contributed by atoms with Crippen molar-refractivity contribution >= 4 is 5.91 Å². The summed E-state index contributed by atoms with van der Waals surface area (Å²) in [6.45, 7) is 0.466. The molecule has 4 rings (SSSR count). The highest BCUT2D eigenvalue weighted by Crippen LogP contribution is 2.31. The highest BCUT2D eigenvalue weighted by atomic mass is 19.1. The summed E-state index contributed by atoms with van der Waals surface area (Å²) in [6.07, 6.45) is 4.42. The number of rotatable bonds is 4. The second-order valence-corrected chi connectivity index (χ2v) is 6.98. The molecular formula is C20H19FN4O4. The third kappa shape index (κ3) is 4.18. The number of halogens is 1. The summed E-state index contributed by atoms with van der Waals surface area (Å²) in [5, 5.41) is 0. The first-order valence-corrected chi connectivity index (χ1v) is 9.33. The van der Waals surface area contributed by atoms with E-state index in [1.165, 1.54) is 12.1 Å². The average Bonchev–Trinajstić information content (AvgIpc) is 3.17. The van der Waals surface area contributed by atoms with Crippen LogP contribution in [0.4, 0.5) is 4.39 Å². The maximum absolute atomic E-state index is 13.1. The molecule has 1 amide bonds. The second kappa shape index (κ2) is 7.86. The molecule has 1 saturated heterocycles. The smallest absolute Gasteiger partial charge is 0.326 e. The second-order valence-electron chi connectivity index (χ2n) is 6.98. The van der Waals surface area contributed by atoms with E-state index in [0.29, 0.717) is 31.0 Å². The van der Waals surface area contributed by atoms with Gasteiger partial charge in [-0.25, -0.2) is 14.2 Å². The molecule has 1 aromatic carbocycles. The van der Waals surface area contributed by atoms with Gasteiger partial charge in [0.25, 0.3) is 11.5 Å². The molecule has 1 atom stereocenters. The fraction of sp³-hybridized carbons (Fsp3) is 0.300. The number of carbonyl (C=O) groups excluding carboxylic acids is 1. The molecule has 2 N–H and O–H groups in total. The SMILES string of the molecule is O=C(c1cc(=O)[nH]c(=O)[nH]1)N1CCCCC1c1ncc(Cc2ccc(F)cc2)o1. The van der Waals surface area contributed by atoms with E-state index in [2.05, 4.69) is 9.97 Å². The molecule has 2 aromatic heterocycles. The lowest BCUT2D eigenvalue weighted by Gasteiger charge is -2.33. The molecule has 0 bridgehead atoms. The van der Waals surface area contributed by atoms with Crippen molar-refractivity contribution in [2.45, 2.75) is 31.7 Å². The van der Waals surface area contributed by atoms with Gasteiger partial charge in [0, 0.05) is 19.0 Å². The standard InChI is InChI=1S/C20H19FN4O4/c21-13-6-4-12(5-7-13)9-14-11-22-18(29-14)16-3-1-2-8-25(16)19(27)15-10-17(26)24-20(28)23-15/h4-7,10-11,16H,1-3,8-9H2,(H2,23,24,26,28). The normalized spacial score (nSPS) is 16.7. The average molecular weight is 398 g/mol. The zero-order valence-electron chi connectivity index (χ0n) is 15.5. The van der Waals surface area contributed by atoms with E-state index in [-0.39, 0.29) is 17.6 Å². The van der Waals surface area contributed by atoms with Gasteiger partial charge in [0.1, 0.15) is 23.3 Å². The van der Waals surface area contributed by atoms with Gasteiger partial charge in [0.15, 0.2) is 0 Å². The summed E-state index contributed by atoms with van der Waals surface area (Å²) in [7, 11) is 0. The minimum absolute atomic E-state index is 0.0660. The van der Waals surface area contributed by atoms with E-state index in [9.17, 15) is 18.8 Å². The minimum atomic E-state index is -0.730. The molecule has 0 aliphatic carbocycles. The van der Waals surface area contributed by atoms with E-state index in [0.717, 1.165) is 24.5 Å². The lowest BCUT2D eigenvalue weighted by molar-refractivity contribution is 0.0563. The van der Waals surface area contributed by atoms with Crippen molar-refractivity contribution in [3.05, 3.63) is 86.1 Å². The van der Waals surface area contributed by atoms with E-state index in [1.54, 1.807) is 23.2 Å². The first-order chi connectivity index (χ1) is 14.0. The Kier molecular flexibility index (Phi) is 5.11. The summed E-state index contributed by atoms with van der Waals surface area (Å²) in [6, 6.07) is 6.81. The highest BCUT2D eigenvalue weighted by Gasteiger charge is 2.32. The molecule has 0 saturated carbocycles. The maximum atomic E-state index is 13.1. The zero-order chi connectivity index (χ0) is 20.4. The number of likely N-dealkylation sites (tertiary alicyclic amines) is 1. The van der Waals surface area contributed by atoms with Crippen molar-refractivity contribution in [2.24, 2.45) is 0 Å². The molecule has 0 spiro atoms. The molecule has 150 valence electrons. The van der Waals surface area contributed by atoms with Crippen molar-refractivity contribution < 1.29 is 13.6 Å². The number of benzene rings is 1. The molecule has 3 heterocycles. The fourth-order valence-electron chi connectivity index (χ4n) is 3.53. The molecule has 3 aromatic rings. The van der Waals surface area contributed by atoms with Gasteiger partial charge in [-0.1, -0.05) is 12.1 Å². The number of amides is 1. The Morgan fingerprint density at radius 3 is 2.76 bits per heavy atom. The van der Waals surface area contributed by atoms with Crippen LogP contribution in [-0.2, 0) is 6.42 Å². The Morgan fingerprint density at radius 1 is 1.21 bits per heavy atom. The molecule has 1 aliphatic rings. The van der Waals surface area contributed by atoms with Crippen molar-refractivity contribution in [3.8, 4) is 0 Å². The summed E-state index contributed by atoms with van der Waals surface area (Å²) in [4.78, 5) is 46.3. The first-order valence-electron chi connectivity index (χ1n) is 9.33. The Balaban J connectivity index is 1.57. The number of H-pyrrole nitrogens is 2. The summed E-state index contributed by atoms with van der Waals surface area (Å²) in [5.74, 6) is 0.258. The quantitative estimate of drug-likeness (QED) is 0.699. The van der Waals surface area contributed by atoms with Crippen LogP contribution in [0.2, 0.25) is 0 Å². The molecule has 9 heteroatoms. The van der Waals surface area contributed by atoms with Gasteiger partial charge < -0.3 is 14.3 Å². The van der Waals surface area contributed by atoms with Crippen LogP contribution < -0.4 is 11.2 Å². The van der Waals surface area contributed by atoms with Crippen LogP contribution in [0.1, 0.15) is 53.0 Å². The van der Waals surface area contributed by atoms with Gasteiger partial charge >= 0.3 is 5.69 Å². The van der Waals surface area contributed by atoms with E-state index < -0.39 is 17.2 Å². The van der Waals surface area contributed by atoms with Gasteiger partial charge in [-0.3, -0.25) is 14.6 Å². The molecular weight excluding hydrogens is 379 g/mol. The molecule has 0 radical (unpaired) electrons.